The van der Waals surface area contributed by atoms with Crippen LogP contribution in [0.2, 0.25) is 0 Å². The number of halogens is 1. The second-order valence-electron chi connectivity index (χ2n) is 5.30. The lowest BCUT2D eigenvalue weighted by molar-refractivity contribution is -0.125. The summed E-state index contributed by atoms with van der Waals surface area (Å²) in [5.74, 6) is -1.35. The summed E-state index contributed by atoms with van der Waals surface area (Å²) in [6.45, 7) is 2.04. The number of hydrogen-bond donors (Lipinski definition) is 0. The molecule has 1 saturated heterocycles. The predicted octanol–water partition coefficient (Wildman–Crippen LogP) is 3.33. The number of aldehydes is 1. The van der Waals surface area contributed by atoms with E-state index in [1.165, 1.54) is 4.90 Å². The molecule has 21 heavy (non-hydrogen) atoms. The van der Waals surface area contributed by atoms with Crippen molar-refractivity contribution >= 4 is 39.7 Å². The Hall–Kier alpha value is -1.49. The number of anilines is 1. The zero-order chi connectivity index (χ0) is 15.4. The summed E-state index contributed by atoms with van der Waals surface area (Å²) in [7, 11) is 0. The van der Waals surface area contributed by atoms with Crippen molar-refractivity contribution in [3.8, 4) is 0 Å². The number of carbonyl (C=O) groups is 3. The maximum Gasteiger partial charge on any atom is 0.238 e. The number of imide groups is 1. The van der Waals surface area contributed by atoms with Crippen LogP contribution in [0.3, 0.4) is 0 Å². The smallest absolute Gasteiger partial charge is 0.238 e. The quantitative estimate of drug-likeness (QED) is 0.583. The molecular weight excluding hydrogens is 334 g/mol. The van der Waals surface area contributed by atoms with Crippen LogP contribution >= 0.6 is 15.9 Å². The molecule has 112 valence electrons. The van der Waals surface area contributed by atoms with Gasteiger partial charge in [-0.15, -0.1) is 0 Å². The minimum atomic E-state index is -0.509. The lowest BCUT2D eigenvalue weighted by Gasteiger charge is -2.18. The van der Waals surface area contributed by atoms with Crippen molar-refractivity contribution in [1.29, 1.82) is 0 Å². The van der Waals surface area contributed by atoms with Gasteiger partial charge >= 0.3 is 0 Å². The Bertz CT molecular complexity index is 541. The van der Waals surface area contributed by atoms with E-state index in [9.17, 15) is 14.4 Å². The van der Waals surface area contributed by atoms with Crippen LogP contribution in [0.15, 0.2) is 28.7 Å². The van der Waals surface area contributed by atoms with Crippen LogP contribution in [0.5, 0.6) is 0 Å². The summed E-state index contributed by atoms with van der Waals surface area (Å²) in [5, 5.41) is 0. The minimum absolute atomic E-state index is 0.127. The summed E-state index contributed by atoms with van der Waals surface area (Å²) in [6, 6.07) is 7.03. The summed E-state index contributed by atoms with van der Waals surface area (Å²) < 4.78 is 0.885. The Morgan fingerprint density at radius 1 is 1.33 bits per heavy atom. The normalized spacial score (nSPS) is 19.9. The average Bonchev–Trinajstić information content (AvgIpc) is 2.76. The Labute approximate surface area is 132 Å². The summed E-state index contributed by atoms with van der Waals surface area (Å²) in [4.78, 5) is 37.1. The van der Waals surface area contributed by atoms with Gasteiger partial charge in [0.15, 0.2) is 0 Å². The number of amides is 2. The van der Waals surface area contributed by atoms with E-state index in [1.807, 2.05) is 6.92 Å². The van der Waals surface area contributed by atoms with Gasteiger partial charge in [0.2, 0.25) is 11.8 Å². The molecule has 2 atom stereocenters. The van der Waals surface area contributed by atoms with Crippen LogP contribution in [0.1, 0.15) is 32.6 Å². The molecule has 1 aliphatic rings. The molecule has 1 heterocycles. The molecule has 1 aromatic carbocycles. The highest BCUT2D eigenvalue weighted by molar-refractivity contribution is 9.10. The van der Waals surface area contributed by atoms with Gasteiger partial charge in [-0.3, -0.25) is 14.5 Å². The Morgan fingerprint density at radius 3 is 2.57 bits per heavy atom. The lowest BCUT2D eigenvalue weighted by Crippen LogP contribution is -2.32. The third-order valence-electron chi connectivity index (χ3n) is 3.85. The van der Waals surface area contributed by atoms with Gasteiger partial charge in [-0.2, -0.15) is 0 Å². The molecule has 1 aliphatic heterocycles. The molecule has 2 amide bonds. The molecular formula is C16H18BrNO3. The number of rotatable bonds is 6. The number of nitrogens with zero attached hydrogens (tertiary/aromatic N) is 1. The van der Waals surface area contributed by atoms with E-state index in [0.29, 0.717) is 12.1 Å². The van der Waals surface area contributed by atoms with Gasteiger partial charge in [0, 0.05) is 16.8 Å². The average molecular weight is 352 g/mol. The molecule has 0 radical (unpaired) electrons. The van der Waals surface area contributed by atoms with Crippen molar-refractivity contribution in [2.45, 2.75) is 32.6 Å². The van der Waals surface area contributed by atoms with E-state index in [4.69, 9.17) is 0 Å². The van der Waals surface area contributed by atoms with Crippen LogP contribution in [-0.2, 0) is 14.4 Å². The zero-order valence-electron chi connectivity index (χ0n) is 11.9. The number of unbranched alkanes of at least 4 members (excludes halogenated alkanes) is 1. The molecule has 1 aromatic rings. The first-order valence-corrected chi connectivity index (χ1v) is 7.95. The molecule has 4 nitrogen and oxygen atoms in total. The number of carbonyl (C=O) groups excluding carboxylic acids is 3. The third kappa shape index (κ3) is 3.40. The fourth-order valence-electron chi connectivity index (χ4n) is 2.66. The molecule has 0 unspecified atom stereocenters. The molecule has 0 bridgehead atoms. The van der Waals surface area contributed by atoms with Crippen LogP contribution in [-0.4, -0.2) is 18.1 Å². The highest BCUT2D eigenvalue weighted by Gasteiger charge is 2.43. The first-order chi connectivity index (χ1) is 10.1. The lowest BCUT2D eigenvalue weighted by atomic mass is 9.88. The molecule has 0 saturated carbocycles. The standard InChI is InChI=1S/C16H18BrNO3/c1-2-3-4-11(10-19)14-9-15(20)18(16(14)21)13-7-5-12(17)6-8-13/h5-8,10-11,14H,2-4,9H2,1H3/t11-,14-/m0/s1. The van der Waals surface area contributed by atoms with Gasteiger partial charge in [-0.1, -0.05) is 35.7 Å². The van der Waals surface area contributed by atoms with E-state index >= 15 is 0 Å². The topological polar surface area (TPSA) is 54.5 Å². The summed E-state index contributed by atoms with van der Waals surface area (Å²) >= 11 is 3.32. The van der Waals surface area contributed by atoms with Crippen LogP contribution in [0, 0.1) is 11.8 Å². The highest BCUT2D eigenvalue weighted by atomic mass is 79.9. The molecule has 5 heteroatoms. The third-order valence-corrected chi connectivity index (χ3v) is 4.38. The fourth-order valence-corrected chi connectivity index (χ4v) is 2.92. The van der Waals surface area contributed by atoms with E-state index in [1.54, 1.807) is 24.3 Å². The van der Waals surface area contributed by atoms with E-state index in [2.05, 4.69) is 15.9 Å². The second-order valence-corrected chi connectivity index (χ2v) is 6.21. The van der Waals surface area contributed by atoms with Crippen LogP contribution < -0.4 is 4.90 Å². The monoisotopic (exact) mass is 351 g/mol. The van der Waals surface area contributed by atoms with E-state index in [-0.39, 0.29) is 24.2 Å². The van der Waals surface area contributed by atoms with Gasteiger partial charge < -0.3 is 4.79 Å². The largest absolute Gasteiger partial charge is 0.303 e. The van der Waals surface area contributed by atoms with Crippen molar-refractivity contribution in [3.63, 3.8) is 0 Å². The summed E-state index contributed by atoms with van der Waals surface area (Å²) in [6.07, 6.45) is 3.48. The Balaban J connectivity index is 2.19. The van der Waals surface area contributed by atoms with Crippen molar-refractivity contribution in [2.75, 3.05) is 4.90 Å². The van der Waals surface area contributed by atoms with E-state index in [0.717, 1.165) is 23.6 Å². The van der Waals surface area contributed by atoms with Crippen molar-refractivity contribution < 1.29 is 14.4 Å². The maximum atomic E-state index is 12.5. The van der Waals surface area contributed by atoms with Gasteiger partial charge in [-0.05, 0) is 30.7 Å². The van der Waals surface area contributed by atoms with Crippen molar-refractivity contribution in [3.05, 3.63) is 28.7 Å². The van der Waals surface area contributed by atoms with Crippen molar-refractivity contribution in [2.24, 2.45) is 11.8 Å². The Kier molecular flexibility index (Phi) is 5.28. The van der Waals surface area contributed by atoms with Gasteiger partial charge in [0.1, 0.15) is 6.29 Å². The first kappa shape index (κ1) is 15.9. The van der Waals surface area contributed by atoms with E-state index < -0.39 is 5.92 Å². The van der Waals surface area contributed by atoms with Crippen LogP contribution in [0.4, 0.5) is 5.69 Å². The SMILES string of the molecule is CCCC[C@@H](C=O)[C@@H]1CC(=O)N(c2ccc(Br)cc2)C1=O. The number of benzene rings is 1. The van der Waals surface area contributed by atoms with Crippen LogP contribution in [0.25, 0.3) is 0 Å². The second kappa shape index (κ2) is 6.98. The zero-order valence-corrected chi connectivity index (χ0v) is 13.5. The molecule has 2 rings (SSSR count). The predicted molar refractivity (Wildman–Crippen MR) is 83.8 cm³/mol. The Morgan fingerprint density at radius 2 is 2.00 bits per heavy atom. The van der Waals surface area contributed by atoms with Gasteiger partial charge in [0.05, 0.1) is 11.6 Å². The highest BCUT2D eigenvalue weighted by Crippen LogP contribution is 2.32. The van der Waals surface area contributed by atoms with Crippen molar-refractivity contribution in [1.82, 2.24) is 0 Å². The maximum absolute atomic E-state index is 12.5. The molecule has 1 fully saturated rings. The number of hydrogen-bond acceptors (Lipinski definition) is 3. The molecule has 0 N–H and O–H groups in total. The van der Waals surface area contributed by atoms with Gasteiger partial charge in [-0.25, -0.2) is 0 Å². The first-order valence-electron chi connectivity index (χ1n) is 7.16. The minimum Gasteiger partial charge on any atom is -0.303 e. The fraction of sp³-hybridized carbons (Fsp3) is 0.438. The molecule has 0 spiro atoms. The van der Waals surface area contributed by atoms with Gasteiger partial charge in [0.25, 0.3) is 0 Å². The molecule has 0 aromatic heterocycles. The molecule has 0 aliphatic carbocycles. The summed E-state index contributed by atoms with van der Waals surface area (Å²) in [5.41, 5.74) is 0.566.